The number of fused-ring (bicyclic) bond motifs is 1. The first-order chi connectivity index (χ1) is 12.8. The maximum absolute atomic E-state index is 12.4. The lowest BCUT2D eigenvalue weighted by atomic mass is 10.1. The summed E-state index contributed by atoms with van der Waals surface area (Å²) in [5.74, 6) is 0.866. The van der Waals surface area contributed by atoms with E-state index < -0.39 is 0 Å². The summed E-state index contributed by atoms with van der Waals surface area (Å²) in [4.78, 5) is 21.6. The number of nitrogens with zero attached hydrogens (tertiary/aromatic N) is 2. The van der Waals surface area contributed by atoms with Crippen molar-refractivity contribution in [3.05, 3.63) is 54.4 Å². The smallest absolute Gasteiger partial charge is 0.322 e. The van der Waals surface area contributed by atoms with Crippen LogP contribution in [0.5, 0.6) is 5.75 Å². The Morgan fingerprint density at radius 3 is 2.88 bits per heavy atom. The van der Waals surface area contributed by atoms with Gasteiger partial charge < -0.3 is 15.0 Å². The van der Waals surface area contributed by atoms with Crippen molar-refractivity contribution in [1.82, 2.24) is 15.3 Å². The van der Waals surface area contributed by atoms with E-state index in [0.29, 0.717) is 6.54 Å². The fourth-order valence-corrected chi connectivity index (χ4v) is 3.26. The van der Waals surface area contributed by atoms with Gasteiger partial charge in [-0.3, -0.25) is 4.90 Å². The van der Waals surface area contributed by atoms with E-state index in [-0.39, 0.29) is 12.1 Å². The Morgan fingerprint density at radius 1 is 1.23 bits per heavy atom. The topological polar surface area (TPSA) is 70.2 Å². The first-order valence-corrected chi connectivity index (χ1v) is 8.99. The van der Waals surface area contributed by atoms with Crippen molar-refractivity contribution in [1.29, 1.82) is 0 Å². The zero-order chi connectivity index (χ0) is 17.9. The van der Waals surface area contributed by atoms with Crippen LogP contribution in [0.15, 0.2) is 48.8 Å². The SMILES string of the molecule is CCCCOc1ccc(C2CNC(=O)N2c2ccc3nc[nH]c3c2)cc1. The highest BCUT2D eigenvalue weighted by molar-refractivity contribution is 5.97. The van der Waals surface area contributed by atoms with Gasteiger partial charge in [0.05, 0.1) is 30.0 Å². The van der Waals surface area contributed by atoms with Crippen molar-refractivity contribution in [3.8, 4) is 5.75 Å². The number of amides is 2. The number of hydrogen-bond acceptors (Lipinski definition) is 3. The lowest BCUT2D eigenvalue weighted by molar-refractivity contribution is 0.251. The molecule has 4 rings (SSSR count). The van der Waals surface area contributed by atoms with Crippen LogP contribution in [0.25, 0.3) is 11.0 Å². The maximum atomic E-state index is 12.4. The van der Waals surface area contributed by atoms with E-state index >= 15 is 0 Å². The van der Waals surface area contributed by atoms with Crippen molar-refractivity contribution >= 4 is 22.8 Å². The zero-order valence-electron chi connectivity index (χ0n) is 14.7. The van der Waals surface area contributed by atoms with Gasteiger partial charge in [0, 0.05) is 12.2 Å². The molecule has 134 valence electrons. The molecule has 0 spiro atoms. The monoisotopic (exact) mass is 350 g/mol. The summed E-state index contributed by atoms with van der Waals surface area (Å²) in [6.07, 6.45) is 3.82. The van der Waals surface area contributed by atoms with Crippen LogP contribution < -0.4 is 15.0 Å². The highest BCUT2D eigenvalue weighted by atomic mass is 16.5. The molecule has 1 aliphatic rings. The maximum Gasteiger partial charge on any atom is 0.322 e. The minimum absolute atomic E-state index is 0.0486. The van der Waals surface area contributed by atoms with Crippen LogP contribution in [0.4, 0.5) is 10.5 Å². The average molecular weight is 350 g/mol. The minimum atomic E-state index is -0.0860. The second kappa shape index (κ2) is 7.07. The second-order valence-electron chi connectivity index (χ2n) is 6.45. The Morgan fingerprint density at radius 2 is 2.08 bits per heavy atom. The van der Waals surface area contributed by atoms with Gasteiger partial charge in [-0.05, 0) is 42.3 Å². The van der Waals surface area contributed by atoms with Gasteiger partial charge in [-0.25, -0.2) is 9.78 Å². The number of H-pyrrole nitrogens is 1. The van der Waals surface area contributed by atoms with E-state index in [0.717, 1.165) is 47.5 Å². The molecule has 3 aromatic rings. The molecule has 6 nitrogen and oxygen atoms in total. The van der Waals surface area contributed by atoms with Crippen LogP contribution in [0.1, 0.15) is 31.4 Å². The fraction of sp³-hybridized carbons (Fsp3) is 0.300. The quantitative estimate of drug-likeness (QED) is 0.660. The van der Waals surface area contributed by atoms with E-state index in [2.05, 4.69) is 22.2 Å². The van der Waals surface area contributed by atoms with Gasteiger partial charge in [-0.15, -0.1) is 0 Å². The number of rotatable bonds is 6. The van der Waals surface area contributed by atoms with Gasteiger partial charge >= 0.3 is 6.03 Å². The molecule has 0 saturated carbocycles. The summed E-state index contributed by atoms with van der Waals surface area (Å²) in [5, 5.41) is 2.94. The number of anilines is 1. The molecule has 26 heavy (non-hydrogen) atoms. The number of imidazole rings is 1. The van der Waals surface area contributed by atoms with E-state index in [1.165, 1.54) is 0 Å². The van der Waals surface area contributed by atoms with Gasteiger partial charge in [0.1, 0.15) is 5.75 Å². The molecule has 1 aromatic heterocycles. The fourth-order valence-electron chi connectivity index (χ4n) is 3.26. The third kappa shape index (κ3) is 3.10. The number of hydrogen-bond donors (Lipinski definition) is 2. The second-order valence-corrected chi connectivity index (χ2v) is 6.45. The van der Waals surface area contributed by atoms with Crippen LogP contribution in [0.3, 0.4) is 0 Å². The van der Waals surface area contributed by atoms with Gasteiger partial charge in [-0.1, -0.05) is 25.5 Å². The summed E-state index contributed by atoms with van der Waals surface area (Å²) in [6.45, 7) is 3.46. The number of carbonyl (C=O) groups is 1. The van der Waals surface area contributed by atoms with E-state index in [9.17, 15) is 4.79 Å². The molecule has 0 bridgehead atoms. The largest absolute Gasteiger partial charge is 0.494 e. The molecule has 1 atom stereocenters. The van der Waals surface area contributed by atoms with Crippen LogP contribution in [-0.2, 0) is 0 Å². The van der Waals surface area contributed by atoms with Crippen LogP contribution in [-0.4, -0.2) is 29.2 Å². The number of carbonyl (C=O) groups excluding carboxylic acids is 1. The Bertz CT molecular complexity index is 904. The van der Waals surface area contributed by atoms with Crippen LogP contribution in [0, 0.1) is 0 Å². The lowest BCUT2D eigenvalue weighted by Crippen LogP contribution is -2.29. The average Bonchev–Trinajstić information content (AvgIpc) is 3.28. The number of unbranched alkanes of at least 4 members (excludes halogenated alkanes) is 1. The Hall–Kier alpha value is -3.02. The molecular weight excluding hydrogens is 328 g/mol. The molecule has 1 saturated heterocycles. The van der Waals surface area contributed by atoms with Crippen molar-refractivity contribution in [2.75, 3.05) is 18.1 Å². The summed E-state index contributed by atoms with van der Waals surface area (Å²) in [7, 11) is 0. The molecule has 1 fully saturated rings. The molecule has 0 aliphatic carbocycles. The molecule has 0 radical (unpaired) electrons. The van der Waals surface area contributed by atoms with Crippen molar-refractivity contribution in [3.63, 3.8) is 0 Å². The lowest BCUT2D eigenvalue weighted by Gasteiger charge is -2.23. The van der Waals surface area contributed by atoms with E-state index in [1.54, 1.807) is 11.2 Å². The number of aromatic nitrogens is 2. The zero-order valence-corrected chi connectivity index (χ0v) is 14.7. The van der Waals surface area contributed by atoms with Gasteiger partial charge in [-0.2, -0.15) is 0 Å². The summed E-state index contributed by atoms with van der Waals surface area (Å²) < 4.78 is 5.73. The summed E-state index contributed by atoms with van der Waals surface area (Å²) >= 11 is 0. The molecule has 6 heteroatoms. The van der Waals surface area contributed by atoms with Gasteiger partial charge in [0.2, 0.25) is 0 Å². The van der Waals surface area contributed by atoms with Crippen LogP contribution >= 0.6 is 0 Å². The minimum Gasteiger partial charge on any atom is -0.494 e. The number of ether oxygens (including phenoxy) is 1. The predicted molar refractivity (Wildman–Crippen MR) is 102 cm³/mol. The highest BCUT2D eigenvalue weighted by Crippen LogP contribution is 2.32. The number of urea groups is 1. The van der Waals surface area contributed by atoms with Crippen molar-refractivity contribution in [2.45, 2.75) is 25.8 Å². The molecule has 2 heterocycles. The molecule has 2 N–H and O–H groups in total. The molecule has 2 aromatic carbocycles. The highest BCUT2D eigenvalue weighted by Gasteiger charge is 2.33. The Kier molecular flexibility index (Phi) is 4.48. The third-order valence-corrected chi connectivity index (χ3v) is 4.69. The molecule has 2 amide bonds. The summed E-state index contributed by atoms with van der Waals surface area (Å²) in [5.41, 5.74) is 3.74. The normalized spacial score (nSPS) is 16.9. The first kappa shape index (κ1) is 16.4. The molecule has 1 unspecified atom stereocenters. The Balaban J connectivity index is 1.57. The predicted octanol–water partition coefficient (Wildman–Crippen LogP) is 4.01. The van der Waals surface area contributed by atoms with E-state index in [1.807, 2.05) is 42.5 Å². The van der Waals surface area contributed by atoms with Crippen molar-refractivity contribution < 1.29 is 9.53 Å². The van der Waals surface area contributed by atoms with Gasteiger partial charge in [0.25, 0.3) is 0 Å². The standard InChI is InChI=1S/C20H22N4O2/c1-2-3-10-26-16-7-4-14(5-8-16)19-12-21-20(25)24(19)15-6-9-17-18(11-15)23-13-22-17/h4-9,11,13,19H,2-3,10,12H2,1H3,(H,21,25)(H,22,23). The van der Waals surface area contributed by atoms with Gasteiger partial charge in [0.15, 0.2) is 0 Å². The Labute approximate surface area is 152 Å². The number of benzene rings is 2. The van der Waals surface area contributed by atoms with Crippen LogP contribution in [0.2, 0.25) is 0 Å². The first-order valence-electron chi connectivity index (χ1n) is 8.99. The van der Waals surface area contributed by atoms with Crippen molar-refractivity contribution in [2.24, 2.45) is 0 Å². The molecule has 1 aliphatic heterocycles. The van der Waals surface area contributed by atoms with E-state index in [4.69, 9.17) is 4.74 Å². The summed E-state index contributed by atoms with van der Waals surface area (Å²) in [6, 6.07) is 13.7. The molecular formula is C20H22N4O2. The third-order valence-electron chi connectivity index (χ3n) is 4.69. The number of aromatic amines is 1. The number of nitrogens with one attached hydrogen (secondary N) is 2.